The Kier molecular flexibility index (Phi) is 13.0. The van der Waals surface area contributed by atoms with Gasteiger partial charge in [-0.3, -0.25) is 0 Å². The number of rotatable bonds is 11. The molecule has 354 valence electrons. The molecule has 14 nitrogen and oxygen atoms in total. The summed E-state index contributed by atoms with van der Waals surface area (Å²) in [5.74, 6) is 4.75. The molecule has 66 heavy (non-hydrogen) atoms. The number of benzene rings is 2. The topological polar surface area (TPSA) is 149 Å². The number of hydrogen-bond donors (Lipinski definition) is 0. The molecule has 2 aliphatic carbocycles. The highest BCUT2D eigenvalue weighted by atomic mass is 19.4. The number of aromatic nitrogens is 8. The minimum absolute atomic E-state index is 0.0553. The maximum absolute atomic E-state index is 13.3. The average molecular weight is 924 g/mol. The van der Waals surface area contributed by atoms with Gasteiger partial charge in [0.1, 0.15) is 11.5 Å². The van der Waals surface area contributed by atoms with Gasteiger partial charge in [-0.05, 0) is 157 Å². The van der Waals surface area contributed by atoms with E-state index in [9.17, 15) is 31.6 Å². The molecule has 4 bridgehead atoms. The van der Waals surface area contributed by atoms with Gasteiger partial charge in [0.15, 0.2) is 23.7 Å². The van der Waals surface area contributed by atoms with Crippen LogP contribution in [0.3, 0.4) is 0 Å². The molecule has 0 N–H and O–H groups in total. The van der Waals surface area contributed by atoms with E-state index in [4.69, 9.17) is 14.0 Å². The van der Waals surface area contributed by atoms with Crippen molar-refractivity contribution in [1.82, 2.24) is 44.6 Å². The first-order chi connectivity index (χ1) is 31.2. The minimum Gasteiger partial charge on any atom is -0.424 e. The summed E-state index contributed by atoms with van der Waals surface area (Å²) in [4.78, 5) is 17.5. The van der Waals surface area contributed by atoms with Crippen molar-refractivity contribution in [1.29, 1.82) is 5.26 Å². The largest absolute Gasteiger partial charge is 0.424 e. The summed E-state index contributed by atoms with van der Waals surface area (Å²) >= 11 is 0. The third kappa shape index (κ3) is 10.4. The summed E-state index contributed by atoms with van der Waals surface area (Å²) in [7, 11) is 0. The van der Waals surface area contributed by atoms with Gasteiger partial charge in [0.05, 0.1) is 23.2 Å². The lowest BCUT2D eigenvalue weighted by atomic mass is 9.82. The van der Waals surface area contributed by atoms with Gasteiger partial charge < -0.3 is 23.8 Å². The number of aryl methyl sites for hydroxylation is 3. The van der Waals surface area contributed by atoms with Crippen molar-refractivity contribution in [3.05, 3.63) is 76.1 Å². The molecule has 4 fully saturated rings. The molecule has 9 rings (SSSR count). The van der Waals surface area contributed by atoms with Crippen molar-refractivity contribution in [2.24, 2.45) is 35.5 Å². The number of hydrogen-bond acceptors (Lipinski definition) is 12. The van der Waals surface area contributed by atoms with E-state index >= 15 is 0 Å². The van der Waals surface area contributed by atoms with E-state index in [2.05, 4.69) is 41.4 Å². The molecule has 5 aromatic rings. The zero-order chi connectivity index (χ0) is 47.2. The van der Waals surface area contributed by atoms with Crippen LogP contribution in [0.25, 0.3) is 0 Å². The van der Waals surface area contributed by atoms with Crippen LogP contribution in [0.4, 0.5) is 32.4 Å². The molecule has 6 atom stereocenters. The Labute approximate surface area is 379 Å². The number of anilines is 1. The number of likely N-dealkylation sites (tertiary alicyclic amines) is 1. The van der Waals surface area contributed by atoms with Gasteiger partial charge >= 0.3 is 30.4 Å². The number of alkyl halides is 6. The number of ether oxygens (including phenoxy) is 2. The maximum Gasteiger partial charge on any atom is 0.416 e. The molecule has 2 saturated carbocycles. The lowest BCUT2D eigenvalue weighted by Crippen LogP contribution is -2.43. The standard InChI is InChI=1S/C24H29F3N6O2.C22H26F3N5O/c1-13(2)33-23(34-19-8-14(3)7-18(9-19)24(25,26)27)29-21(30-33)10-20-16-5-6-17(20)12-32(11-16)22-28-15(4)31-35-22;1-13(2)30-21(31-18-7-14(3)6-17(8-18)22(23,24)25)27-20(28-30)9-19-15-4-5-16(19)11-29(10-15)12-26/h7-9,13,16-17,20H,5-6,10-12H2,1-4H3;6-8,13,15-16,19H,4-5,9-11H2,1-3H3/t16-,17+,20?;15-,16+,19?. The second kappa shape index (κ2) is 18.4. The summed E-state index contributed by atoms with van der Waals surface area (Å²) in [6.45, 7) is 16.0. The highest BCUT2D eigenvalue weighted by molar-refractivity contribution is 5.38. The van der Waals surface area contributed by atoms with Crippen molar-refractivity contribution >= 4 is 6.01 Å². The van der Waals surface area contributed by atoms with Crippen LogP contribution in [0.2, 0.25) is 0 Å². The predicted octanol–water partition coefficient (Wildman–Crippen LogP) is 10.3. The van der Waals surface area contributed by atoms with E-state index in [-0.39, 0.29) is 35.6 Å². The smallest absolute Gasteiger partial charge is 0.416 e. The van der Waals surface area contributed by atoms with Gasteiger partial charge in [-0.15, -0.1) is 0 Å². The zero-order valence-corrected chi connectivity index (χ0v) is 38.1. The van der Waals surface area contributed by atoms with Gasteiger partial charge in [-0.1, -0.05) is 5.16 Å². The van der Waals surface area contributed by atoms with Crippen LogP contribution in [0, 0.1) is 67.7 Å². The molecule has 0 amide bonds. The predicted molar refractivity (Wildman–Crippen MR) is 229 cm³/mol. The van der Waals surface area contributed by atoms with Crippen molar-refractivity contribution < 1.29 is 40.3 Å². The summed E-state index contributed by atoms with van der Waals surface area (Å²) in [5.41, 5.74) is -0.575. The second-order valence-corrected chi connectivity index (χ2v) is 18.9. The summed E-state index contributed by atoms with van der Waals surface area (Å²) in [6, 6.07) is 8.19. The molecule has 0 spiro atoms. The van der Waals surface area contributed by atoms with E-state index in [1.807, 2.05) is 39.5 Å². The number of piperidine rings is 2. The van der Waals surface area contributed by atoms with Crippen molar-refractivity contribution in [2.75, 3.05) is 31.1 Å². The van der Waals surface area contributed by atoms with Crippen LogP contribution in [0.15, 0.2) is 40.9 Å². The molecule has 2 unspecified atom stereocenters. The molecular weight excluding hydrogens is 869 g/mol. The SMILES string of the molecule is Cc1cc(Oc2nc(CC3[C@@H]4CC[C@H]3CN(C#N)C4)nn2C(C)C)cc(C(F)(F)F)c1.Cc1cc(Oc2nc(CC3[C@@H]4CC[C@H]3CN(c3nc(C)no3)C4)nn2C(C)C)cc(C(F)(F)F)c1. The Hall–Kier alpha value is -5.87. The fraction of sp³-hybridized carbons (Fsp3) is 0.587. The molecule has 20 heteroatoms. The molecule has 2 aromatic carbocycles. The van der Waals surface area contributed by atoms with Crippen molar-refractivity contribution in [3.63, 3.8) is 0 Å². The van der Waals surface area contributed by atoms with E-state index in [1.165, 1.54) is 0 Å². The second-order valence-electron chi connectivity index (χ2n) is 18.9. The summed E-state index contributed by atoms with van der Waals surface area (Å²) in [6.07, 6.45) is -0.800. The lowest BCUT2D eigenvalue weighted by molar-refractivity contribution is -0.138. The maximum atomic E-state index is 13.3. The molecule has 2 saturated heterocycles. The summed E-state index contributed by atoms with van der Waals surface area (Å²) in [5, 5.41) is 22.4. The third-order valence-electron chi connectivity index (χ3n) is 13.3. The van der Waals surface area contributed by atoms with Crippen molar-refractivity contribution in [2.45, 2.75) is 111 Å². The molecule has 0 radical (unpaired) electrons. The van der Waals surface area contributed by atoms with Gasteiger partial charge in [0, 0.05) is 39.0 Å². The van der Waals surface area contributed by atoms with Gasteiger partial charge in [0.25, 0.3) is 0 Å². The Morgan fingerprint density at radius 1 is 0.652 bits per heavy atom. The quantitative estimate of drug-likeness (QED) is 0.0917. The average Bonchev–Trinajstić information content (AvgIpc) is 4.04. The minimum atomic E-state index is -4.45. The molecule has 4 aliphatic rings. The van der Waals surface area contributed by atoms with Gasteiger partial charge in [0.2, 0.25) is 0 Å². The first-order valence-corrected chi connectivity index (χ1v) is 22.5. The Morgan fingerprint density at radius 2 is 1.08 bits per heavy atom. The molecule has 5 heterocycles. The number of nitrogens with zero attached hydrogens (tertiary/aromatic N) is 11. The van der Waals surface area contributed by atoms with Gasteiger partial charge in [-0.2, -0.15) is 56.8 Å². The highest BCUT2D eigenvalue weighted by Gasteiger charge is 2.45. The molecular formula is C46H55F6N11O3. The Bertz CT molecular complexity index is 2510. The van der Waals surface area contributed by atoms with E-state index in [1.54, 1.807) is 35.3 Å². The fourth-order valence-corrected chi connectivity index (χ4v) is 10.3. The molecule has 2 aliphatic heterocycles. The van der Waals surface area contributed by atoms with Crippen molar-refractivity contribution in [3.8, 4) is 29.7 Å². The first-order valence-electron chi connectivity index (χ1n) is 22.5. The summed E-state index contributed by atoms with van der Waals surface area (Å²) < 4.78 is 99.6. The monoisotopic (exact) mass is 923 g/mol. The first kappa shape index (κ1) is 46.7. The zero-order valence-electron chi connectivity index (χ0n) is 38.1. The number of fused-ring (bicyclic) bond motifs is 4. The van der Waals surface area contributed by atoms with Crippen LogP contribution < -0.4 is 14.4 Å². The van der Waals surface area contributed by atoms with Crippen LogP contribution in [-0.2, 0) is 25.2 Å². The van der Waals surface area contributed by atoms with E-state index in [0.29, 0.717) is 83.0 Å². The molecule has 3 aromatic heterocycles. The number of halogens is 6. The van der Waals surface area contributed by atoms with E-state index in [0.717, 1.165) is 76.1 Å². The van der Waals surface area contributed by atoms with Crippen LogP contribution >= 0.6 is 0 Å². The highest BCUT2D eigenvalue weighted by Crippen LogP contribution is 2.46. The Balaban J connectivity index is 0.000000181. The third-order valence-corrected chi connectivity index (χ3v) is 13.3. The van der Waals surface area contributed by atoms with Crippen LogP contribution in [0.5, 0.6) is 23.5 Å². The lowest BCUT2D eigenvalue weighted by Gasteiger charge is -2.36. The Morgan fingerprint density at radius 3 is 1.44 bits per heavy atom. The fourth-order valence-electron chi connectivity index (χ4n) is 10.3. The van der Waals surface area contributed by atoms with Gasteiger partial charge in [-0.25, -0.2) is 9.36 Å². The normalized spacial score (nSPS) is 22.8. The van der Waals surface area contributed by atoms with Crippen LogP contribution in [-0.4, -0.2) is 70.7 Å². The van der Waals surface area contributed by atoms with E-state index < -0.39 is 23.5 Å². The van der Waals surface area contributed by atoms with Crippen LogP contribution in [0.1, 0.15) is 105 Å². The number of nitriles is 1.